The van der Waals surface area contributed by atoms with Crippen molar-refractivity contribution in [1.82, 2.24) is 15.3 Å². The molecule has 112 valence electrons. The molecule has 2 aromatic heterocycles. The zero-order valence-corrected chi connectivity index (χ0v) is 13.0. The average molecular weight is 283 g/mol. The Kier molecular flexibility index (Phi) is 5.88. The molecule has 0 spiro atoms. The van der Waals surface area contributed by atoms with Gasteiger partial charge in [0, 0.05) is 30.2 Å². The molecule has 3 nitrogen and oxygen atoms in total. The first kappa shape index (κ1) is 15.6. The van der Waals surface area contributed by atoms with E-state index >= 15 is 0 Å². The molecule has 2 aromatic rings. The van der Waals surface area contributed by atoms with Crippen LogP contribution in [0, 0.1) is 0 Å². The number of nitrogens with one attached hydrogen (secondary N) is 1. The predicted octanol–water partition coefficient (Wildman–Crippen LogP) is 3.76. The highest BCUT2D eigenvalue weighted by Gasteiger charge is 2.22. The molecule has 0 fully saturated rings. The van der Waals surface area contributed by atoms with Crippen molar-refractivity contribution in [3.63, 3.8) is 0 Å². The van der Waals surface area contributed by atoms with Gasteiger partial charge in [-0.25, -0.2) is 0 Å². The van der Waals surface area contributed by atoms with E-state index in [1.54, 1.807) is 0 Å². The zero-order chi connectivity index (χ0) is 15.0. The Labute approximate surface area is 127 Å². The Morgan fingerprint density at radius 1 is 0.952 bits per heavy atom. The van der Waals surface area contributed by atoms with Crippen LogP contribution >= 0.6 is 0 Å². The highest BCUT2D eigenvalue weighted by Crippen LogP contribution is 2.20. The molecular weight excluding hydrogens is 258 g/mol. The van der Waals surface area contributed by atoms with Crippen LogP contribution in [0.4, 0.5) is 0 Å². The predicted molar refractivity (Wildman–Crippen MR) is 86.9 cm³/mol. The lowest BCUT2D eigenvalue weighted by molar-refractivity contribution is 0.301. The van der Waals surface area contributed by atoms with Crippen LogP contribution in [0.3, 0.4) is 0 Å². The van der Waals surface area contributed by atoms with E-state index in [9.17, 15) is 0 Å². The molecule has 2 heterocycles. The summed E-state index contributed by atoms with van der Waals surface area (Å²) in [6.45, 7) is 5.36. The third-order valence-corrected chi connectivity index (χ3v) is 3.88. The van der Waals surface area contributed by atoms with Crippen molar-refractivity contribution >= 4 is 0 Å². The largest absolute Gasteiger partial charge is 0.306 e. The minimum Gasteiger partial charge on any atom is -0.306 e. The normalized spacial score (nSPS) is 13.8. The van der Waals surface area contributed by atoms with Gasteiger partial charge in [-0.2, -0.15) is 0 Å². The monoisotopic (exact) mass is 283 g/mol. The van der Waals surface area contributed by atoms with Crippen LogP contribution in [0.1, 0.15) is 44.5 Å². The summed E-state index contributed by atoms with van der Waals surface area (Å²) >= 11 is 0. The maximum absolute atomic E-state index is 4.42. The number of hydrogen-bond donors (Lipinski definition) is 1. The molecule has 1 atom stereocenters. The van der Waals surface area contributed by atoms with Crippen LogP contribution in [0.25, 0.3) is 0 Å². The fourth-order valence-electron chi connectivity index (χ4n) is 2.61. The molecule has 0 aromatic carbocycles. The molecule has 0 aliphatic carbocycles. The first-order chi connectivity index (χ1) is 10.2. The van der Waals surface area contributed by atoms with Gasteiger partial charge >= 0.3 is 0 Å². The summed E-state index contributed by atoms with van der Waals surface area (Å²) in [5.41, 5.74) is 2.39. The van der Waals surface area contributed by atoms with E-state index in [0.717, 1.165) is 31.5 Å². The Bertz CT molecular complexity index is 467. The summed E-state index contributed by atoms with van der Waals surface area (Å²) < 4.78 is 0. The fourth-order valence-corrected chi connectivity index (χ4v) is 2.61. The molecule has 0 saturated carbocycles. The molecule has 0 aliphatic heterocycles. The van der Waals surface area contributed by atoms with E-state index in [4.69, 9.17) is 0 Å². The molecule has 1 N–H and O–H groups in total. The lowest BCUT2D eigenvalue weighted by atomic mass is 9.89. The van der Waals surface area contributed by atoms with Gasteiger partial charge in [0.05, 0.1) is 5.69 Å². The van der Waals surface area contributed by atoms with Crippen LogP contribution < -0.4 is 5.32 Å². The molecule has 1 unspecified atom stereocenters. The number of rotatable bonds is 8. The number of aromatic nitrogens is 2. The highest BCUT2D eigenvalue weighted by molar-refractivity contribution is 5.06. The molecule has 0 radical (unpaired) electrons. The summed E-state index contributed by atoms with van der Waals surface area (Å²) in [7, 11) is 0. The number of hydrogen-bond acceptors (Lipinski definition) is 3. The quantitative estimate of drug-likeness (QED) is 0.801. The Morgan fingerprint density at radius 3 is 2.19 bits per heavy atom. The van der Waals surface area contributed by atoms with Crippen molar-refractivity contribution in [2.45, 2.75) is 51.6 Å². The van der Waals surface area contributed by atoms with Gasteiger partial charge in [-0.05, 0) is 50.5 Å². The van der Waals surface area contributed by atoms with Crippen molar-refractivity contribution in [3.05, 3.63) is 60.2 Å². The van der Waals surface area contributed by atoms with Crippen LogP contribution in [-0.2, 0) is 13.0 Å². The van der Waals surface area contributed by atoms with Gasteiger partial charge in [0.25, 0.3) is 0 Å². The summed E-state index contributed by atoms with van der Waals surface area (Å²) in [6.07, 6.45) is 8.15. The number of aryl methyl sites for hydroxylation is 1. The Hall–Kier alpha value is -1.74. The van der Waals surface area contributed by atoms with Crippen molar-refractivity contribution < 1.29 is 0 Å². The molecule has 0 aliphatic rings. The van der Waals surface area contributed by atoms with Gasteiger partial charge in [-0.15, -0.1) is 0 Å². The van der Waals surface area contributed by atoms with Crippen molar-refractivity contribution in [2.24, 2.45) is 0 Å². The fraction of sp³-hybridized carbons (Fsp3) is 0.444. The lowest BCUT2D eigenvalue weighted by Crippen LogP contribution is -2.42. The minimum atomic E-state index is 0.129. The van der Waals surface area contributed by atoms with Gasteiger partial charge in [0.2, 0.25) is 0 Å². The SMILES string of the molecule is CCCC(C)(CCc1ccccn1)NCc1ccccn1. The van der Waals surface area contributed by atoms with Gasteiger partial charge in [-0.3, -0.25) is 9.97 Å². The standard InChI is InChI=1S/C18H25N3/c1-3-11-18(2,12-10-16-8-4-6-13-19-16)21-15-17-9-5-7-14-20-17/h4-9,13-14,21H,3,10-12,15H2,1-2H3. The second-order valence-electron chi connectivity index (χ2n) is 5.81. The number of nitrogens with zero attached hydrogens (tertiary/aromatic N) is 2. The molecule has 0 saturated heterocycles. The van der Waals surface area contributed by atoms with Crippen molar-refractivity contribution in [1.29, 1.82) is 0 Å². The second-order valence-corrected chi connectivity index (χ2v) is 5.81. The van der Waals surface area contributed by atoms with E-state index in [1.165, 1.54) is 12.1 Å². The molecule has 0 bridgehead atoms. The molecular formula is C18H25N3. The molecule has 3 heteroatoms. The summed E-state index contributed by atoms with van der Waals surface area (Å²) in [6, 6.07) is 12.2. The smallest absolute Gasteiger partial charge is 0.0541 e. The van der Waals surface area contributed by atoms with Gasteiger partial charge in [-0.1, -0.05) is 25.5 Å². The first-order valence-corrected chi connectivity index (χ1v) is 7.77. The van der Waals surface area contributed by atoms with E-state index < -0.39 is 0 Å². The van der Waals surface area contributed by atoms with E-state index in [2.05, 4.69) is 47.3 Å². The Morgan fingerprint density at radius 2 is 1.62 bits per heavy atom. The van der Waals surface area contributed by atoms with E-state index in [0.29, 0.717) is 0 Å². The molecule has 21 heavy (non-hydrogen) atoms. The summed E-state index contributed by atoms with van der Waals surface area (Å²) in [5.74, 6) is 0. The van der Waals surface area contributed by atoms with Crippen LogP contribution in [0.15, 0.2) is 48.8 Å². The average Bonchev–Trinajstić information content (AvgIpc) is 2.54. The second kappa shape index (κ2) is 7.89. The lowest BCUT2D eigenvalue weighted by Gasteiger charge is -2.31. The zero-order valence-electron chi connectivity index (χ0n) is 13.0. The van der Waals surface area contributed by atoms with Crippen molar-refractivity contribution in [2.75, 3.05) is 0 Å². The van der Waals surface area contributed by atoms with Crippen molar-refractivity contribution in [3.8, 4) is 0 Å². The van der Waals surface area contributed by atoms with Gasteiger partial charge in [0.15, 0.2) is 0 Å². The van der Waals surface area contributed by atoms with Crippen LogP contribution in [0.5, 0.6) is 0 Å². The minimum absolute atomic E-state index is 0.129. The third kappa shape index (κ3) is 5.27. The molecule has 2 rings (SSSR count). The summed E-state index contributed by atoms with van der Waals surface area (Å²) in [4.78, 5) is 8.81. The van der Waals surface area contributed by atoms with E-state index in [-0.39, 0.29) is 5.54 Å². The van der Waals surface area contributed by atoms with Gasteiger partial charge < -0.3 is 5.32 Å². The third-order valence-electron chi connectivity index (χ3n) is 3.88. The Balaban J connectivity index is 1.92. The maximum atomic E-state index is 4.42. The van der Waals surface area contributed by atoms with Crippen LogP contribution in [-0.4, -0.2) is 15.5 Å². The highest BCUT2D eigenvalue weighted by atomic mass is 15.0. The first-order valence-electron chi connectivity index (χ1n) is 7.77. The maximum Gasteiger partial charge on any atom is 0.0541 e. The van der Waals surface area contributed by atoms with Gasteiger partial charge in [0.1, 0.15) is 0 Å². The topological polar surface area (TPSA) is 37.8 Å². The van der Waals surface area contributed by atoms with Crippen LogP contribution in [0.2, 0.25) is 0 Å². The molecule has 0 amide bonds. The van der Waals surface area contributed by atoms with E-state index in [1.807, 2.05) is 30.6 Å². The number of pyridine rings is 2. The summed E-state index contributed by atoms with van der Waals surface area (Å²) in [5, 5.41) is 3.69.